The van der Waals surface area contributed by atoms with Crippen LogP contribution in [0.5, 0.6) is 0 Å². The van der Waals surface area contributed by atoms with Crippen molar-refractivity contribution in [2.75, 3.05) is 6.61 Å². The molecule has 0 aliphatic heterocycles. The maximum Gasteiger partial charge on any atom is 0.167 e. The molecule has 0 heterocycles. The number of carbonyl (C=O) groups excluding carboxylic acids is 1. The zero-order chi connectivity index (χ0) is 16.2. The minimum Gasteiger partial charge on any atom is -0.389 e. The van der Waals surface area contributed by atoms with Crippen molar-refractivity contribution in [2.24, 2.45) is 28.1 Å². The first kappa shape index (κ1) is 16.2. The second kappa shape index (κ2) is 5.19. The Morgan fingerprint density at radius 3 is 2.59 bits per heavy atom. The Morgan fingerprint density at radius 2 is 1.91 bits per heavy atom. The van der Waals surface area contributed by atoms with E-state index in [-0.39, 0.29) is 12.4 Å². The van der Waals surface area contributed by atoms with Gasteiger partial charge in [-0.1, -0.05) is 38.8 Å². The first-order valence-electron chi connectivity index (χ1n) is 9.09. The van der Waals surface area contributed by atoms with Gasteiger partial charge in [0.2, 0.25) is 0 Å². The van der Waals surface area contributed by atoms with E-state index in [1.54, 1.807) is 0 Å². The maximum atomic E-state index is 12.1. The molecule has 0 saturated heterocycles. The third-order valence-electron chi connectivity index (χ3n) is 7.48. The van der Waals surface area contributed by atoms with Crippen molar-refractivity contribution in [3.8, 4) is 0 Å². The Kier molecular flexibility index (Phi) is 3.83. The molecule has 2 nitrogen and oxygen atoms in total. The molecule has 3 aliphatic carbocycles. The Labute approximate surface area is 135 Å². The van der Waals surface area contributed by atoms with E-state index in [1.807, 2.05) is 6.92 Å². The summed E-state index contributed by atoms with van der Waals surface area (Å²) < 4.78 is 0. The van der Waals surface area contributed by atoms with E-state index in [4.69, 9.17) is 0 Å². The van der Waals surface area contributed by atoms with Crippen molar-refractivity contribution < 1.29 is 9.90 Å². The molecule has 4 atom stereocenters. The summed E-state index contributed by atoms with van der Waals surface area (Å²) in [6.07, 6.45) is 10.8. The van der Waals surface area contributed by atoms with Crippen LogP contribution in [0.15, 0.2) is 11.6 Å². The topological polar surface area (TPSA) is 37.3 Å². The highest BCUT2D eigenvalue weighted by Crippen LogP contribution is 2.63. The minimum atomic E-state index is -0.423. The summed E-state index contributed by atoms with van der Waals surface area (Å²) in [6, 6.07) is 0. The van der Waals surface area contributed by atoms with Crippen LogP contribution in [-0.2, 0) is 4.79 Å². The molecule has 1 N–H and O–H groups in total. The van der Waals surface area contributed by atoms with Crippen molar-refractivity contribution in [1.29, 1.82) is 0 Å². The van der Waals surface area contributed by atoms with Crippen LogP contribution < -0.4 is 0 Å². The number of Topliss-reactive ketones (excluding diaryl/α,β-unsaturated/α-hetero) is 1. The first-order valence-corrected chi connectivity index (χ1v) is 9.09. The molecule has 3 rings (SSSR count). The molecule has 0 radical (unpaired) electrons. The van der Waals surface area contributed by atoms with E-state index in [1.165, 1.54) is 31.3 Å². The SMILES string of the molecule is CC1(C)CCC[C@]2(C)[C@H]3CC[C@@](C)(C(=O)CO)C=C3CC[C@@H]12. The fourth-order valence-corrected chi connectivity index (χ4v) is 6.23. The van der Waals surface area contributed by atoms with Crippen molar-refractivity contribution in [3.05, 3.63) is 11.6 Å². The van der Waals surface area contributed by atoms with Crippen LogP contribution >= 0.6 is 0 Å². The molecule has 0 bridgehead atoms. The maximum absolute atomic E-state index is 12.1. The fourth-order valence-electron chi connectivity index (χ4n) is 6.23. The van der Waals surface area contributed by atoms with Crippen molar-refractivity contribution in [1.82, 2.24) is 0 Å². The average Bonchev–Trinajstić information content (AvgIpc) is 2.45. The lowest BCUT2D eigenvalue weighted by Crippen LogP contribution is -2.51. The van der Waals surface area contributed by atoms with Gasteiger partial charge in [0, 0.05) is 5.41 Å². The summed E-state index contributed by atoms with van der Waals surface area (Å²) in [5.74, 6) is 1.47. The molecular weight excluding hydrogens is 272 g/mol. The van der Waals surface area contributed by atoms with Crippen LogP contribution in [0.2, 0.25) is 0 Å². The van der Waals surface area contributed by atoms with Gasteiger partial charge in [0.05, 0.1) is 0 Å². The molecule has 2 heteroatoms. The summed E-state index contributed by atoms with van der Waals surface area (Å²) in [7, 11) is 0. The summed E-state index contributed by atoms with van der Waals surface area (Å²) in [4.78, 5) is 12.1. The van der Waals surface area contributed by atoms with Crippen LogP contribution in [0.25, 0.3) is 0 Å². The fraction of sp³-hybridized carbons (Fsp3) is 0.850. The van der Waals surface area contributed by atoms with E-state index in [0.29, 0.717) is 16.7 Å². The molecular formula is C20H32O2. The highest BCUT2D eigenvalue weighted by Gasteiger charge is 2.54. The molecule has 0 unspecified atom stereocenters. The van der Waals surface area contributed by atoms with Crippen LogP contribution in [0.3, 0.4) is 0 Å². The highest BCUT2D eigenvalue weighted by atomic mass is 16.3. The smallest absolute Gasteiger partial charge is 0.167 e. The monoisotopic (exact) mass is 304 g/mol. The van der Waals surface area contributed by atoms with Crippen molar-refractivity contribution in [2.45, 2.75) is 72.6 Å². The van der Waals surface area contributed by atoms with E-state index in [9.17, 15) is 9.90 Å². The number of aliphatic hydroxyl groups is 1. The highest BCUT2D eigenvalue weighted by molar-refractivity contribution is 5.87. The largest absolute Gasteiger partial charge is 0.389 e. The van der Waals surface area contributed by atoms with E-state index < -0.39 is 5.41 Å². The average molecular weight is 304 g/mol. The minimum absolute atomic E-state index is 0.00491. The molecule has 0 aromatic carbocycles. The number of fused-ring (bicyclic) bond motifs is 3. The van der Waals surface area contributed by atoms with E-state index in [2.05, 4.69) is 26.8 Å². The quantitative estimate of drug-likeness (QED) is 0.762. The third-order valence-corrected chi connectivity index (χ3v) is 7.48. The van der Waals surface area contributed by atoms with Gasteiger partial charge in [0.1, 0.15) is 6.61 Å². The van der Waals surface area contributed by atoms with Gasteiger partial charge in [-0.3, -0.25) is 4.79 Å². The van der Waals surface area contributed by atoms with Crippen LogP contribution in [-0.4, -0.2) is 17.5 Å². The van der Waals surface area contributed by atoms with Gasteiger partial charge in [-0.25, -0.2) is 0 Å². The van der Waals surface area contributed by atoms with E-state index >= 15 is 0 Å². The van der Waals surface area contributed by atoms with Gasteiger partial charge in [-0.05, 0) is 68.1 Å². The summed E-state index contributed by atoms with van der Waals surface area (Å²) in [5, 5.41) is 9.28. The molecule has 2 saturated carbocycles. The summed E-state index contributed by atoms with van der Waals surface area (Å²) >= 11 is 0. The Balaban J connectivity index is 1.94. The molecule has 124 valence electrons. The van der Waals surface area contributed by atoms with Gasteiger partial charge in [0.25, 0.3) is 0 Å². The van der Waals surface area contributed by atoms with Gasteiger partial charge in [-0.15, -0.1) is 0 Å². The Bertz CT molecular complexity index is 504. The van der Waals surface area contributed by atoms with Crippen LogP contribution in [0.1, 0.15) is 72.6 Å². The normalized spacial score (nSPS) is 43.8. The lowest BCUT2D eigenvalue weighted by molar-refractivity contribution is -0.130. The Morgan fingerprint density at radius 1 is 1.18 bits per heavy atom. The van der Waals surface area contributed by atoms with Gasteiger partial charge in [-0.2, -0.15) is 0 Å². The lowest BCUT2D eigenvalue weighted by atomic mass is 9.45. The van der Waals surface area contributed by atoms with Crippen molar-refractivity contribution in [3.63, 3.8) is 0 Å². The molecule has 2 fully saturated rings. The zero-order valence-electron chi connectivity index (χ0n) is 14.7. The predicted octanol–water partition coefficient (Wildman–Crippen LogP) is 4.52. The molecule has 22 heavy (non-hydrogen) atoms. The van der Waals surface area contributed by atoms with Crippen LogP contribution in [0, 0.1) is 28.1 Å². The summed E-state index contributed by atoms with van der Waals surface area (Å²) in [5.41, 5.74) is 1.97. The van der Waals surface area contributed by atoms with Gasteiger partial charge < -0.3 is 5.11 Å². The molecule has 0 spiro atoms. The number of allylic oxidation sites excluding steroid dienone is 2. The Hall–Kier alpha value is -0.630. The molecule has 0 amide bonds. The van der Waals surface area contributed by atoms with E-state index in [0.717, 1.165) is 25.2 Å². The second-order valence-corrected chi connectivity index (χ2v) is 9.25. The molecule has 3 aliphatic rings. The van der Waals surface area contributed by atoms with Crippen molar-refractivity contribution >= 4 is 5.78 Å². The number of hydrogen-bond donors (Lipinski definition) is 1. The number of ketones is 1. The zero-order valence-corrected chi connectivity index (χ0v) is 14.7. The standard InChI is InChI=1S/C20H32O2/c1-18(2)9-5-10-20(4)15-8-11-19(3,17(22)13-21)12-14(15)6-7-16(18)20/h12,15-16,21H,5-11,13H2,1-4H3/t15-,16-,19+,20+/m0/s1. The number of hydrogen-bond acceptors (Lipinski definition) is 2. The van der Waals surface area contributed by atoms with Gasteiger partial charge >= 0.3 is 0 Å². The van der Waals surface area contributed by atoms with Gasteiger partial charge in [0.15, 0.2) is 5.78 Å². The number of carbonyl (C=O) groups is 1. The molecule has 0 aromatic heterocycles. The van der Waals surface area contributed by atoms with Crippen LogP contribution in [0.4, 0.5) is 0 Å². The number of aliphatic hydroxyl groups excluding tert-OH is 1. The second-order valence-electron chi connectivity index (χ2n) is 9.25. The predicted molar refractivity (Wildman–Crippen MR) is 89.5 cm³/mol. The third kappa shape index (κ3) is 2.29. The lowest BCUT2D eigenvalue weighted by Gasteiger charge is -2.59. The first-order chi connectivity index (χ1) is 10.2. The molecule has 0 aromatic rings. The number of rotatable bonds is 2. The summed E-state index contributed by atoms with van der Waals surface area (Å²) in [6.45, 7) is 9.15.